The fourth-order valence-electron chi connectivity index (χ4n) is 4.08. The highest BCUT2D eigenvalue weighted by molar-refractivity contribution is 5.95. The maximum absolute atomic E-state index is 5.25. The van der Waals surface area contributed by atoms with E-state index in [-0.39, 0.29) is 0 Å². The van der Waals surface area contributed by atoms with Crippen LogP contribution < -0.4 is 10.1 Å². The molecule has 0 spiro atoms. The molecule has 4 rings (SSSR count). The van der Waals surface area contributed by atoms with Crippen molar-refractivity contribution < 1.29 is 4.74 Å². The van der Waals surface area contributed by atoms with Gasteiger partial charge in [0.1, 0.15) is 5.82 Å². The molecule has 0 bridgehead atoms. The Kier molecular flexibility index (Phi) is 6.17. The Hall–Kier alpha value is -3.40. The first-order valence-electron chi connectivity index (χ1n) is 10.8. The lowest BCUT2D eigenvalue weighted by Crippen LogP contribution is -2.00. The summed E-state index contributed by atoms with van der Waals surface area (Å²) in [4.78, 5) is 8.98. The molecule has 0 aliphatic rings. The Balaban J connectivity index is 1.60. The first kappa shape index (κ1) is 20.9. The molecule has 0 fully saturated rings. The molecule has 2 aromatic carbocycles. The molecular weight excluding hydrogens is 382 g/mol. The maximum Gasteiger partial charge on any atom is 0.213 e. The fourth-order valence-corrected chi connectivity index (χ4v) is 4.08. The van der Waals surface area contributed by atoms with Crippen molar-refractivity contribution in [2.24, 2.45) is 0 Å². The molecule has 0 saturated carbocycles. The molecule has 4 heteroatoms. The van der Waals surface area contributed by atoms with Gasteiger partial charge in [-0.15, -0.1) is 0 Å². The molecule has 0 atom stereocenters. The fraction of sp³-hybridized carbons (Fsp3) is 0.259. The Labute approximate surface area is 184 Å². The summed E-state index contributed by atoms with van der Waals surface area (Å²) in [6.45, 7) is 6.62. The van der Waals surface area contributed by atoms with Crippen LogP contribution in [0, 0.1) is 6.92 Å². The molecule has 1 N–H and O–H groups in total. The van der Waals surface area contributed by atoms with Gasteiger partial charge < -0.3 is 10.1 Å². The van der Waals surface area contributed by atoms with Gasteiger partial charge in [-0.3, -0.25) is 0 Å². The molecule has 4 nitrogen and oxygen atoms in total. The standard InChI is InChI=1S/C27H29N3O/c1-18(2)23-12-11-22(15-19(23)3)30-27-25-8-6-5-7-24(25)21(17-29-27)10-9-20-13-14-28-26(16-20)31-4/h5-8,11-18H,9-10H2,1-4H3,(H,29,30). The summed E-state index contributed by atoms with van der Waals surface area (Å²) in [6.07, 6.45) is 5.61. The van der Waals surface area contributed by atoms with Gasteiger partial charge in [-0.1, -0.05) is 44.2 Å². The average molecular weight is 412 g/mol. The molecule has 158 valence electrons. The van der Waals surface area contributed by atoms with Crippen LogP contribution in [0.4, 0.5) is 11.5 Å². The van der Waals surface area contributed by atoms with Crippen LogP contribution in [0.25, 0.3) is 10.8 Å². The number of rotatable bonds is 7. The zero-order valence-corrected chi connectivity index (χ0v) is 18.6. The summed E-state index contributed by atoms with van der Waals surface area (Å²) in [5.41, 5.74) is 6.19. The third-order valence-corrected chi connectivity index (χ3v) is 5.72. The quantitative estimate of drug-likeness (QED) is 0.372. The van der Waals surface area contributed by atoms with Gasteiger partial charge in [0.25, 0.3) is 0 Å². The third-order valence-electron chi connectivity index (χ3n) is 5.72. The molecule has 31 heavy (non-hydrogen) atoms. The lowest BCUT2D eigenvalue weighted by Gasteiger charge is -2.15. The summed E-state index contributed by atoms with van der Waals surface area (Å²) >= 11 is 0. The number of nitrogens with one attached hydrogen (secondary N) is 1. The highest BCUT2D eigenvalue weighted by atomic mass is 16.5. The zero-order chi connectivity index (χ0) is 21.8. The number of hydrogen-bond donors (Lipinski definition) is 1. The van der Waals surface area contributed by atoms with Crippen molar-refractivity contribution in [3.63, 3.8) is 0 Å². The Morgan fingerprint density at radius 1 is 0.935 bits per heavy atom. The molecule has 0 amide bonds. The summed E-state index contributed by atoms with van der Waals surface area (Å²) < 4.78 is 5.25. The van der Waals surface area contributed by atoms with E-state index in [1.54, 1.807) is 13.3 Å². The predicted molar refractivity (Wildman–Crippen MR) is 128 cm³/mol. The van der Waals surface area contributed by atoms with Crippen LogP contribution in [0.1, 0.15) is 42.0 Å². The van der Waals surface area contributed by atoms with E-state index in [4.69, 9.17) is 9.72 Å². The number of ether oxygens (including phenoxy) is 1. The van der Waals surface area contributed by atoms with Crippen molar-refractivity contribution >= 4 is 22.3 Å². The summed E-state index contributed by atoms with van der Waals surface area (Å²) in [5, 5.41) is 5.90. The van der Waals surface area contributed by atoms with E-state index in [1.165, 1.54) is 27.6 Å². The molecule has 0 aliphatic carbocycles. The zero-order valence-electron chi connectivity index (χ0n) is 18.6. The van der Waals surface area contributed by atoms with E-state index in [1.807, 2.05) is 18.3 Å². The Morgan fingerprint density at radius 2 is 1.74 bits per heavy atom. The minimum atomic E-state index is 0.521. The third kappa shape index (κ3) is 4.69. The van der Waals surface area contributed by atoms with Gasteiger partial charge in [-0.2, -0.15) is 0 Å². The number of aryl methyl sites for hydroxylation is 3. The average Bonchev–Trinajstić information content (AvgIpc) is 2.78. The van der Waals surface area contributed by atoms with Crippen molar-refractivity contribution in [3.05, 3.63) is 89.2 Å². The van der Waals surface area contributed by atoms with Crippen LogP contribution in [0.2, 0.25) is 0 Å². The van der Waals surface area contributed by atoms with Gasteiger partial charge >= 0.3 is 0 Å². The molecule has 0 aliphatic heterocycles. The second-order valence-electron chi connectivity index (χ2n) is 8.24. The van der Waals surface area contributed by atoms with Crippen molar-refractivity contribution in [2.45, 2.75) is 39.5 Å². The highest BCUT2D eigenvalue weighted by Gasteiger charge is 2.10. The Morgan fingerprint density at radius 3 is 2.48 bits per heavy atom. The SMILES string of the molecule is COc1cc(CCc2cnc(Nc3ccc(C(C)C)c(C)c3)c3ccccc23)ccn1. The minimum Gasteiger partial charge on any atom is -0.481 e. The first-order valence-corrected chi connectivity index (χ1v) is 10.8. The van der Waals surface area contributed by atoms with Crippen molar-refractivity contribution in [1.29, 1.82) is 0 Å². The van der Waals surface area contributed by atoms with Crippen LogP contribution >= 0.6 is 0 Å². The van der Waals surface area contributed by atoms with Gasteiger partial charge in [0.05, 0.1) is 7.11 Å². The molecular formula is C27H29N3O. The van der Waals surface area contributed by atoms with Crippen molar-refractivity contribution in [1.82, 2.24) is 9.97 Å². The summed E-state index contributed by atoms with van der Waals surface area (Å²) in [7, 11) is 1.65. The van der Waals surface area contributed by atoms with Gasteiger partial charge in [0, 0.05) is 29.5 Å². The predicted octanol–water partition coefficient (Wildman–Crippen LogP) is 6.60. The van der Waals surface area contributed by atoms with Crippen LogP contribution in [0.5, 0.6) is 5.88 Å². The second kappa shape index (κ2) is 9.17. The number of methoxy groups -OCH3 is 1. The normalized spacial score (nSPS) is 11.1. The number of anilines is 2. The van der Waals surface area contributed by atoms with E-state index < -0.39 is 0 Å². The number of benzene rings is 2. The van der Waals surface area contributed by atoms with Crippen molar-refractivity contribution in [2.75, 3.05) is 12.4 Å². The van der Waals surface area contributed by atoms with Gasteiger partial charge in [0.2, 0.25) is 5.88 Å². The van der Waals surface area contributed by atoms with Gasteiger partial charge in [-0.25, -0.2) is 9.97 Å². The van der Waals surface area contributed by atoms with Crippen LogP contribution in [-0.4, -0.2) is 17.1 Å². The number of pyridine rings is 2. The van der Waals surface area contributed by atoms with Crippen LogP contribution in [0.15, 0.2) is 67.0 Å². The maximum atomic E-state index is 5.25. The van der Waals surface area contributed by atoms with E-state index in [9.17, 15) is 0 Å². The lowest BCUT2D eigenvalue weighted by atomic mass is 9.97. The summed E-state index contributed by atoms with van der Waals surface area (Å²) in [6, 6.07) is 19.1. The van der Waals surface area contributed by atoms with Crippen LogP contribution in [0.3, 0.4) is 0 Å². The van der Waals surface area contributed by atoms with E-state index in [2.05, 4.69) is 73.5 Å². The highest BCUT2D eigenvalue weighted by Crippen LogP contribution is 2.29. The number of hydrogen-bond acceptors (Lipinski definition) is 4. The first-order chi connectivity index (χ1) is 15.0. The van der Waals surface area contributed by atoms with E-state index >= 15 is 0 Å². The van der Waals surface area contributed by atoms with E-state index in [0.717, 1.165) is 29.7 Å². The number of aromatic nitrogens is 2. The topological polar surface area (TPSA) is 47.0 Å². The van der Waals surface area contributed by atoms with Gasteiger partial charge in [0.15, 0.2) is 0 Å². The molecule has 2 aromatic heterocycles. The summed E-state index contributed by atoms with van der Waals surface area (Å²) in [5.74, 6) is 2.06. The lowest BCUT2D eigenvalue weighted by molar-refractivity contribution is 0.397. The molecule has 0 radical (unpaired) electrons. The number of fused-ring (bicyclic) bond motifs is 1. The van der Waals surface area contributed by atoms with Gasteiger partial charge in [-0.05, 0) is 71.5 Å². The minimum absolute atomic E-state index is 0.521. The van der Waals surface area contributed by atoms with Crippen LogP contribution in [-0.2, 0) is 12.8 Å². The second-order valence-corrected chi connectivity index (χ2v) is 8.24. The molecule has 4 aromatic rings. The number of nitrogens with zero attached hydrogens (tertiary/aromatic N) is 2. The largest absolute Gasteiger partial charge is 0.481 e. The van der Waals surface area contributed by atoms with Crippen molar-refractivity contribution in [3.8, 4) is 5.88 Å². The molecule has 0 unspecified atom stereocenters. The smallest absolute Gasteiger partial charge is 0.213 e. The monoisotopic (exact) mass is 411 g/mol. The molecule has 0 saturated heterocycles. The van der Waals surface area contributed by atoms with E-state index in [0.29, 0.717) is 11.8 Å². The Bertz CT molecular complexity index is 1200. The molecule has 2 heterocycles.